The van der Waals surface area contributed by atoms with Gasteiger partial charge in [0.1, 0.15) is 11.3 Å². The van der Waals surface area contributed by atoms with Crippen molar-refractivity contribution in [2.24, 2.45) is 0 Å². The van der Waals surface area contributed by atoms with E-state index in [1.807, 2.05) is 18.0 Å². The summed E-state index contributed by atoms with van der Waals surface area (Å²) in [6.07, 6.45) is 7.80. The summed E-state index contributed by atoms with van der Waals surface area (Å²) in [5, 5.41) is 0. The summed E-state index contributed by atoms with van der Waals surface area (Å²) in [6, 6.07) is 10.7. The molecule has 138 valence electrons. The van der Waals surface area contributed by atoms with Gasteiger partial charge < -0.3 is 4.57 Å². The second-order valence-corrected chi connectivity index (χ2v) is 8.02. The van der Waals surface area contributed by atoms with Crippen LogP contribution in [-0.2, 0) is 13.0 Å². The number of unbranched alkanes of at least 4 members (excludes halogenated alkanes) is 2. The first-order valence-electron chi connectivity index (χ1n) is 9.70. The van der Waals surface area contributed by atoms with Crippen LogP contribution in [0, 0.1) is 13.8 Å². The lowest BCUT2D eigenvalue weighted by atomic mass is 10.2. The summed E-state index contributed by atoms with van der Waals surface area (Å²) < 4.78 is 2.46. The van der Waals surface area contributed by atoms with Crippen LogP contribution in [0.4, 0.5) is 0 Å². The van der Waals surface area contributed by atoms with Gasteiger partial charge in [0.05, 0.1) is 11.7 Å². The van der Waals surface area contributed by atoms with Crippen LogP contribution in [0.1, 0.15) is 49.7 Å². The highest BCUT2D eigenvalue weighted by molar-refractivity contribution is 7.99. The fraction of sp³-hybridized carbons (Fsp3) is 0.455. The Balaban J connectivity index is 1.68. The number of benzene rings is 1. The standard InChI is InChI=1S/C22H29N3S/c1-4-5-13-21-24-20-16-23-18(3)17(2)22(20)25(21)14-9-10-15-26-19-11-7-6-8-12-19/h6-8,11-12,16H,4-5,9-10,13-15H2,1-3H3. The maximum Gasteiger partial charge on any atom is 0.109 e. The van der Waals surface area contributed by atoms with Crippen molar-refractivity contribution in [3.63, 3.8) is 0 Å². The molecule has 0 bridgehead atoms. The van der Waals surface area contributed by atoms with Crippen LogP contribution in [0.25, 0.3) is 11.0 Å². The number of imidazole rings is 1. The number of pyridine rings is 1. The average Bonchev–Trinajstić information content (AvgIpc) is 3.02. The molecule has 0 radical (unpaired) electrons. The van der Waals surface area contributed by atoms with Crippen molar-refractivity contribution < 1.29 is 0 Å². The lowest BCUT2D eigenvalue weighted by molar-refractivity contribution is 0.605. The maximum atomic E-state index is 4.89. The zero-order valence-electron chi connectivity index (χ0n) is 16.2. The number of aryl methyl sites for hydroxylation is 4. The predicted octanol–water partition coefficient (Wildman–Crippen LogP) is 5.96. The second-order valence-electron chi connectivity index (χ2n) is 6.85. The molecular formula is C22H29N3S. The quantitative estimate of drug-likeness (QED) is 0.345. The molecule has 0 aliphatic heterocycles. The molecule has 0 unspecified atom stereocenters. The van der Waals surface area contributed by atoms with Crippen LogP contribution in [-0.4, -0.2) is 20.3 Å². The number of thioether (sulfide) groups is 1. The normalized spacial score (nSPS) is 11.3. The molecule has 0 saturated heterocycles. The van der Waals surface area contributed by atoms with Crippen LogP contribution in [0.3, 0.4) is 0 Å². The molecule has 0 aliphatic rings. The first-order chi connectivity index (χ1) is 12.7. The van der Waals surface area contributed by atoms with E-state index in [4.69, 9.17) is 4.98 Å². The number of aromatic nitrogens is 3. The van der Waals surface area contributed by atoms with Crippen molar-refractivity contribution in [1.82, 2.24) is 14.5 Å². The van der Waals surface area contributed by atoms with E-state index in [1.54, 1.807) is 0 Å². The Morgan fingerprint density at radius 2 is 1.85 bits per heavy atom. The van der Waals surface area contributed by atoms with E-state index in [0.29, 0.717) is 0 Å². The molecule has 3 nitrogen and oxygen atoms in total. The third kappa shape index (κ3) is 4.47. The lowest BCUT2D eigenvalue weighted by Gasteiger charge is -2.11. The van der Waals surface area contributed by atoms with Gasteiger partial charge in [-0.25, -0.2) is 4.98 Å². The number of fused-ring (bicyclic) bond motifs is 1. The largest absolute Gasteiger partial charge is 0.328 e. The Morgan fingerprint density at radius 3 is 2.62 bits per heavy atom. The molecule has 0 amide bonds. The monoisotopic (exact) mass is 367 g/mol. The predicted molar refractivity (Wildman–Crippen MR) is 112 cm³/mol. The SMILES string of the molecule is CCCCc1nc2cnc(C)c(C)c2n1CCCCSc1ccccc1. The number of hydrogen-bond donors (Lipinski definition) is 0. The third-order valence-corrected chi connectivity index (χ3v) is 5.99. The highest BCUT2D eigenvalue weighted by Gasteiger charge is 2.14. The van der Waals surface area contributed by atoms with Crippen LogP contribution < -0.4 is 0 Å². The van der Waals surface area contributed by atoms with Gasteiger partial charge in [0.15, 0.2) is 0 Å². The minimum Gasteiger partial charge on any atom is -0.328 e. The topological polar surface area (TPSA) is 30.7 Å². The van der Waals surface area contributed by atoms with Gasteiger partial charge in [-0.05, 0) is 56.6 Å². The smallest absolute Gasteiger partial charge is 0.109 e. The van der Waals surface area contributed by atoms with Gasteiger partial charge in [0, 0.05) is 23.6 Å². The molecule has 0 N–H and O–H groups in total. The van der Waals surface area contributed by atoms with Gasteiger partial charge >= 0.3 is 0 Å². The number of hydrogen-bond acceptors (Lipinski definition) is 3. The number of nitrogens with zero attached hydrogens (tertiary/aromatic N) is 3. The zero-order chi connectivity index (χ0) is 18.4. The molecule has 0 aliphatic carbocycles. The van der Waals surface area contributed by atoms with E-state index in [1.165, 1.54) is 53.2 Å². The van der Waals surface area contributed by atoms with Crippen LogP contribution in [0.15, 0.2) is 41.4 Å². The second kappa shape index (κ2) is 9.22. The van der Waals surface area contributed by atoms with E-state index in [-0.39, 0.29) is 0 Å². The number of rotatable bonds is 9. The van der Waals surface area contributed by atoms with Gasteiger partial charge in [0.25, 0.3) is 0 Å². The van der Waals surface area contributed by atoms with Gasteiger partial charge in [-0.3, -0.25) is 4.98 Å². The third-order valence-electron chi connectivity index (χ3n) is 4.89. The minimum absolute atomic E-state index is 1.05. The Labute approximate surface area is 161 Å². The molecule has 0 spiro atoms. The van der Waals surface area contributed by atoms with Crippen molar-refractivity contribution in [1.29, 1.82) is 0 Å². The lowest BCUT2D eigenvalue weighted by Crippen LogP contribution is -2.06. The summed E-state index contributed by atoms with van der Waals surface area (Å²) >= 11 is 1.95. The van der Waals surface area contributed by atoms with Crippen molar-refractivity contribution in [3.8, 4) is 0 Å². The molecule has 1 aromatic carbocycles. The van der Waals surface area contributed by atoms with Crippen molar-refractivity contribution >= 4 is 22.8 Å². The summed E-state index contributed by atoms with van der Waals surface area (Å²) in [7, 11) is 0. The average molecular weight is 368 g/mol. The Morgan fingerprint density at radius 1 is 1.04 bits per heavy atom. The molecule has 3 rings (SSSR count). The van der Waals surface area contributed by atoms with Crippen molar-refractivity contribution in [3.05, 3.63) is 53.6 Å². The summed E-state index contributed by atoms with van der Waals surface area (Å²) in [4.78, 5) is 10.8. The molecule has 2 aromatic heterocycles. The highest BCUT2D eigenvalue weighted by atomic mass is 32.2. The Kier molecular flexibility index (Phi) is 6.73. The summed E-state index contributed by atoms with van der Waals surface area (Å²) in [5.41, 5.74) is 4.73. The van der Waals surface area contributed by atoms with E-state index in [0.717, 1.165) is 24.2 Å². The van der Waals surface area contributed by atoms with Crippen LogP contribution >= 0.6 is 11.8 Å². The summed E-state index contributed by atoms with van der Waals surface area (Å²) in [6.45, 7) is 7.56. The van der Waals surface area contributed by atoms with Gasteiger partial charge in [-0.2, -0.15) is 0 Å². The minimum atomic E-state index is 1.05. The van der Waals surface area contributed by atoms with E-state index in [2.05, 4.69) is 60.7 Å². The highest BCUT2D eigenvalue weighted by Crippen LogP contribution is 2.24. The van der Waals surface area contributed by atoms with E-state index >= 15 is 0 Å². The van der Waals surface area contributed by atoms with Gasteiger partial charge in [-0.1, -0.05) is 31.5 Å². The van der Waals surface area contributed by atoms with E-state index in [9.17, 15) is 0 Å². The van der Waals surface area contributed by atoms with Crippen LogP contribution in [0.2, 0.25) is 0 Å². The maximum absolute atomic E-state index is 4.89. The molecule has 2 heterocycles. The van der Waals surface area contributed by atoms with Crippen molar-refractivity contribution in [2.45, 2.75) is 64.3 Å². The Bertz CT molecular complexity index is 839. The Hall–Kier alpha value is -1.81. The van der Waals surface area contributed by atoms with Gasteiger partial charge in [0.2, 0.25) is 0 Å². The summed E-state index contributed by atoms with van der Waals surface area (Å²) in [5.74, 6) is 2.40. The molecule has 0 atom stereocenters. The molecule has 4 heteroatoms. The van der Waals surface area contributed by atoms with Gasteiger partial charge in [-0.15, -0.1) is 11.8 Å². The molecule has 0 saturated carbocycles. The first kappa shape index (κ1) is 19.0. The fourth-order valence-corrected chi connectivity index (χ4v) is 4.21. The molecule has 26 heavy (non-hydrogen) atoms. The molecule has 0 fully saturated rings. The van der Waals surface area contributed by atoms with Crippen LogP contribution in [0.5, 0.6) is 0 Å². The fourth-order valence-electron chi connectivity index (χ4n) is 3.28. The first-order valence-corrected chi connectivity index (χ1v) is 10.7. The molecular weight excluding hydrogens is 338 g/mol. The van der Waals surface area contributed by atoms with Crippen molar-refractivity contribution in [2.75, 3.05) is 5.75 Å². The van der Waals surface area contributed by atoms with E-state index < -0.39 is 0 Å². The zero-order valence-corrected chi connectivity index (χ0v) is 17.0. The molecule has 3 aromatic rings.